The molecule has 2 N–H and O–H groups in total. The van der Waals surface area contributed by atoms with Crippen LogP contribution in [-0.4, -0.2) is 49.7 Å². The van der Waals surface area contributed by atoms with Gasteiger partial charge in [0.1, 0.15) is 36.4 Å². The lowest BCUT2D eigenvalue weighted by Crippen LogP contribution is -2.06. The summed E-state index contributed by atoms with van der Waals surface area (Å²) in [5.74, 6) is 0.0353. The van der Waals surface area contributed by atoms with Gasteiger partial charge in [0.15, 0.2) is 0 Å². The van der Waals surface area contributed by atoms with Gasteiger partial charge in [-0.15, -0.1) is 0 Å². The van der Waals surface area contributed by atoms with E-state index in [1.807, 2.05) is 0 Å². The summed E-state index contributed by atoms with van der Waals surface area (Å²) in [6, 6.07) is 6.50. The lowest BCUT2D eigenvalue weighted by molar-refractivity contribution is -0.135. The summed E-state index contributed by atoms with van der Waals surface area (Å²) in [5.41, 5.74) is 0.284. The molecule has 0 radical (unpaired) electrons. The smallest absolute Gasteiger partial charge is 0.348 e. The lowest BCUT2D eigenvalue weighted by atomic mass is 10.1. The second-order valence-electron chi connectivity index (χ2n) is 4.01. The highest BCUT2D eigenvalue weighted by Gasteiger charge is 2.12. The average molecular weight is 307 g/mol. The maximum Gasteiger partial charge on any atom is 0.348 e. The number of nitrogens with zero attached hydrogens (tertiary/aromatic N) is 1. The molecule has 22 heavy (non-hydrogen) atoms. The van der Waals surface area contributed by atoms with Crippen LogP contribution < -0.4 is 9.47 Å². The first-order valence-corrected chi connectivity index (χ1v) is 6.47. The lowest BCUT2D eigenvalue weighted by Gasteiger charge is -2.11. The van der Waals surface area contributed by atoms with Gasteiger partial charge in [-0.2, -0.15) is 5.26 Å². The summed E-state index contributed by atoms with van der Waals surface area (Å²) >= 11 is 0. The van der Waals surface area contributed by atoms with Gasteiger partial charge >= 0.3 is 5.97 Å². The van der Waals surface area contributed by atoms with E-state index in [4.69, 9.17) is 24.9 Å². The van der Waals surface area contributed by atoms with Gasteiger partial charge in [-0.25, -0.2) is 4.79 Å². The molecule has 0 amide bonds. The van der Waals surface area contributed by atoms with Gasteiger partial charge in [0.25, 0.3) is 0 Å². The Morgan fingerprint density at radius 3 is 2.55 bits per heavy atom. The number of aliphatic hydroxyl groups is 2. The van der Waals surface area contributed by atoms with Crippen LogP contribution in [0.25, 0.3) is 6.08 Å². The van der Waals surface area contributed by atoms with Crippen molar-refractivity contribution in [1.29, 1.82) is 5.26 Å². The first kappa shape index (κ1) is 17.5. The van der Waals surface area contributed by atoms with E-state index in [2.05, 4.69) is 4.74 Å². The Labute approximate surface area is 128 Å². The first-order valence-electron chi connectivity index (χ1n) is 6.47. The van der Waals surface area contributed by atoms with Crippen LogP contribution in [0.5, 0.6) is 11.5 Å². The largest absolute Gasteiger partial charge is 0.491 e. The number of benzene rings is 1. The highest BCUT2D eigenvalue weighted by molar-refractivity contribution is 5.98. The molecule has 0 fully saturated rings. The van der Waals surface area contributed by atoms with E-state index in [-0.39, 0.29) is 32.0 Å². The van der Waals surface area contributed by atoms with Gasteiger partial charge in [0.05, 0.1) is 20.3 Å². The van der Waals surface area contributed by atoms with Crippen LogP contribution in [-0.2, 0) is 9.53 Å². The van der Waals surface area contributed by atoms with E-state index in [0.717, 1.165) is 0 Å². The molecular weight excluding hydrogens is 290 g/mol. The van der Waals surface area contributed by atoms with E-state index in [0.29, 0.717) is 17.1 Å². The molecule has 1 rings (SSSR count). The zero-order valence-corrected chi connectivity index (χ0v) is 12.1. The quantitative estimate of drug-likeness (QED) is 0.409. The van der Waals surface area contributed by atoms with Crippen molar-refractivity contribution in [1.82, 2.24) is 0 Å². The molecule has 1 aromatic carbocycles. The third-order valence-electron chi connectivity index (χ3n) is 2.52. The summed E-state index contributed by atoms with van der Waals surface area (Å²) in [6.45, 7) is -0.146. The topological polar surface area (TPSA) is 109 Å². The van der Waals surface area contributed by atoms with Crippen molar-refractivity contribution in [3.63, 3.8) is 0 Å². The Balaban J connectivity index is 3.13. The zero-order valence-electron chi connectivity index (χ0n) is 12.1. The van der Waals surface area contributed by atoms with Gasteiger partial charge < -0.3 is 24.4 Å². The first-order chi connectivity index (χ1) is 10.7. The van der Waals surface area contributed by atoms with E-state index in [1.165, 1.54) is 13.2 Å². The Bertz CT molecular complexity index is 576. The van der Waals surface area contributed by atoms with Crippen LogP contribution in [0.2, 0.25) is 0 Å². The van der Waals surface area contributed by atoms with Crippen LogP contribution in [0.4, 0.5) is 0 Å². The molecule has 0 unspecified atom stereocenters. The molecule has 0 saturated carbocycles. The Morgan fingerprint density at radius 1 is 1.27 bits per heavy atom. The summed E-state index contributed by atoms with van der Waals surface area (Å²) in [5, 5.41) is 26.6. The van der Waals surface area contributed by atoms with Crippen LogP contribution in [0.15, 0.2) is 23.8 Å². The average Bonchev–Trinajstić information content (AvgIpc) is 2.56. The number of nitriles is 1. The highest BCUT2D eigenvalue weighted by atomic mass is 16.5. The molecular formula is C15H17NO6. The SMILES string of the molecule is COC(=O)/C(C#N)=C/c1ccc(OCCO)cc1OCCO. The van der Waals surface area contributed by atoms with Crippen LogP contribution in [0.1, 0.15) is 5.56 Å². The Kier molecular flexibility index (Phi) is 7.47. The summed E-state index contributed by atoms with van der Waals surface area (Å²) in [6.07, 6.45) is 1.33. The summed E-state index contributed by atoms with van der Waals surface area (Å²) < 4.78 is 15.1. The molecule has 0 spiro atoms. The van der Waals surface area contributed by atoms with Crippen molar-refractivity contribution in [3.05, 3.63) is 29.3 Å². The maximum atomic E-state index is 11.4. The Morgan fingerprint density at radius 2 is 1.95 bits per heavy atom. The normalized spacial score (nSPS) is 10.7. The zero-order chi connectivity index (χ0) is 16.4. The molecule has 1 aromatic rings. The standard InChI is InChI=1S/C15H17NO6/c1-20-15(19)12(10-16)8-11-2-3-13(21-6-4-17)9-14(11)22-7-5-18/h2-3,8-9,17-18H,4-7H2,1H3/b12-8+. The molecule has 0 heterocycles. The summed E-state index contributed by atoms with van der Waals surface area (Å²) in [4.78, 5) is 11.4. The number of carbonyl (C=O) groups is 1. The van der Waals surface area contributed by atoms with Crippen LogP contribution in [0, 0.1) is 11.3 Å². The van der Waals surface area contributed by atoms with Gasteiger partial charge in [-0.3, -0.25) is 0 Å². The van der Waals surface area contributed by atoms with E-state index < -0.39 is 5.97 Å². The second kappa shape index (κ2) is 9.39. The van der Waals surface area contributed by atoms with Crippen LogP contribution in [0.3, 0.4) is 0 Å². The van der Waals surface area contributed by atoms with Gasteiger partial charge in [-0.05, 0) is 18.2 Å². The fraction of sp³-hybridized carbons (Fsp3) is 0.333. The molecule has 0 aliphatic rings. The van der Waals surface area contributed by atoms with E-state index in [9.17, 15) is 4.79 Å². The predicted octanol–water partition coefficient (Wildman–Crippen LogP) is 0.509. The molecule has 0 saturated heterocycles. The highest BCUT2D eigenvalue weighted by Crippen LogP contribution is 2.27. The van der Waals surface area contributed by atoms with Gasteiger partial charge in [-0.1, -0.05) is 0 Å². The number of hydrogen-bond donors (Lipinski definition) is 2. The number of aliphatic hydroxyl groups excluding tert-OH is 2. The third kappa shape index (κ3) is 5.09. The minimum absolute atomic E-state index is 0.0460. The molecule has 7 nitrogen and oxygen atoms in total. The molecule has 0 aliphatic carbocycles. The van der Waals surface area contributed by atoms with E-state index >= 15 is 0 Å². The number of ether oxygens (including phenoxy) is 3. The number of methoxy groups -OCH3 is 1. The Hall–Kier alpha value is -2.56. The van der Waals surface area contributed by atoms with Crippen molar-refractivity contribution >= 4 is 12.0 Å². The fourth-order valence-corrected chi connectivity index (χ4v) is 1.57. The molecule has 0 atom stereocenters. The fourth-order valence-electron chi connectivity index (χ4n) is 1.57. The van der Waals surface area contributed by atoms with Crippen molar-refractivity contribution in [2.75, 3.05) is 33.5 Å². The van der Waals surface area contributed by atoms with E-state index in [1.54, 1.807) is 24.3 Å². The second-order valence-corrected chi connectivity index (χ2v) is 4.01. The minimum atomic E-state index is -0.754. The summed E-state index contributed by atoms with van der Waals surface area (Å²) in [7, 11) is 1.18. The number of hydrogen-bond acceptors (Lipinski definition) is 7. The molecule has 0 aliphatic heterocycles. The minimum Gasteiger partial charge on any atom is -0.491 e. The molecule has 0 aromatic heterocycles. The predicted molar refractivity (Wildman–Crippen MR) is 77.2 cm³/mol. The molecule has 7 heteroatoms. The molecule has 0 bridgehead atoms. The van der Waals surface area contributed by atoms with Crippen LogP contribution >= 0.6 is 0 Å². The van der Waals surface area contributed by atoms with Crippen molar-refractivity contribution in [2.45, 2.75) is 0 Å². The maximum absolute atomic E-state index is 11.4. The molecule has 118 valence electrons. The third-order valence-corrected chi connectivity index (χ3v) is 2.52. The number of esters is 1. The number of carbonyl (C=O) groups excluding carboxylic acids is 1. The van der Waals surface area contributed by atoms with Crippen molar-refractivity contribution in [2.24, 2.45) is 0 Å². The van der Waals surface area contributed by atoms with Crippen molar-refractivity contribution in [3.8, 4) is 17.6 Å². The van der Waals surface area contributed by atoms with Crippen molar-refractivity contribution < 1.29 is 29.2 Å². The van der Waals surface area contributed by atoms with Gasteiger partial charge in [0, 0.05) is 11.6 Å². The van der Waals surface area contributed by atoms with Gasteiger partial charge in [0.2, 0.25) is 0 Å². The number of rotatable bonds is 8. The monoisotopic (exact) mass is 307 g/mol.